The van der Waals surface area contributed by atoms with Crippen molar-refractivity contribution in [3.05, 3.63) is 160 Å². The highest BCUT2D eigenvalue weighted by Crippen LogP contribution is 2.24. The standard InChI is InChI=1S/2C15H11F2NO3.C10H11F2NOS.2C2H6/c2*16-12-6-7-13(14(17)11(12)8-19)18-15(20)21-9-10-4-2-1-3-5-10;1-6(2)15-13-9-4-3-8(11)7(5-14)10(9)12;2*1-2/h2*1-8H,9H2,(H,18,20);3-6,13H,1-2H3;2*1-2H3. The Morgan fingerprint density at radius 1 is 0.525 bits per heavy atom. The highest BCUT2D eigenvalue weighted by Gasteiger charge is 2.17. The van der Waals surface area contributed by atoms with Crippen molar-refractivity contribution in [2.24, 2.45) is 0 Å². The van der Waals surface area contributed by atoms with E-state index in [0.29, 0.717) is 0 Å². The number of halogens is 6. The Bertz CT molecular complexity index is 2050. The van der Waals surface area contributed by atoms with Crippen molar-refractivity contribution >= 4 is 60.1 Å². The van der Waals surface area contributed by atoms with Crippen LogP contribution in [0.1, 0.15) is 83.7 Å². The van der Waals surface area contributed by atoms with Gasteiger partial charge in [-0.3, -0.25) is 25.0 Å². The molecule has 326 valence electrons. The van der Waals surface area contributed by atoms with Crippen LogP contribution in [0, 0.1) is 34.9 Å². The molecule has 2 amide bonds. The summed E-state index contributed by atoms with van der Waals surface area (Å²) < 4.78 is 92.6. The number of aldehydes is 3. The SMILES string of the molecule is CC.CC.CC(C)SNc1ccc(F)c(C=O)c1F.O=Cc1c(F)ccc(NC(=O)OCc2ccccc2)c1F.O=Cc1c(F)ccc(NC(=O)OCc2ccccc2)c1F. The number of amides is 2. The highest BCUT2D eigenvalue weighted by molar-refractivity contribution is 8.01. The number of hydrogen-bond acceptors (Lipinski definition) is 9. The maximum Gasteiger partial charge on any atom is 0.412 e. The van der Waals surface area contributed by atoms with Gasteiger partial charge in [-0.05, 0) is 59.5 Å². The van der Waals surface area contributed by atoms with Crippen molar-refractivity contribution in [2.45, 2.75) is 60.0 Å². The third-order valence-electron chi connectivity index (χ3n) is 7.04. The Balaban J connectivity index is 0.000000445. The molecular formula is C44H45F6N3O7S. The molecule has 0 unspecified atom stereocenters. The Morgan fingerprint density at radius 3 is 1.15 bits per heavy atom. The van der Waals surface area contributed by atoms with Gasteiger partial charge in [0.05, 0.1) is 33.8 Å². The fourth-order valence-electron chi connectivity index (χ4n) is 4.22. The van der Waals surface area contributed by atoms with E-state index in [-0.39, 0.29) is 54.4 Å². The van der Waals surface area contributed by atoms with Gasteiger partial charge in [0, 0.05) is 5.25 Å². The quantitative estimate of drug-likeness (QED) is 0.0635. The molecule has 0 spiro atoms. The molecule has 61 heavy (non-hydrogen) atoms. The fourth-order valence-corrected chi connectivity index (χ4v) is 4.74. The Morgan fingerprint density at radius 2 is 0.836 bits per heavy atom. The molecule has 0 bridgehead atoms. The van der Waals surface area contributed by atoms with E-state index in [2.05, 4.69) is 15.4 Å². The van der Waals surface area contributed by atoms with E-state index in [1.54, 1.807) is 48.5 Å². The molecule has 0 saturated carbocycles. The summed E-state index contributed by atoms with van der Waals surface area (Å²) in [5, 5.41) is 4.50. The molecule has 0 aliphatic heterocycles. The summed E-state index contributed by atoms with van der Waals surface area (Å²) in [6.45, 7) is 11.9. The van der Waals surface area contributed by atoms with Gasteiger partial charge in [-0.1, -0.05) is 102 Å². The molecule has 0 fully saturated rings. The summed E-state index contributed by atoms with van der Waals surface area (Å²) in [5.74, 6) is -5.96. The van der Waals surface area contributed by atoms with Crippen LogP contribution in [-0.4, -0.2) is 36.3 Å². The number of rotatable bonds is 12. The zero-order chi connectivity index (χ0) is 45.9. The van der Waals surface area contributed by atoms with Crippen LogP contribution in [0.3, 0.4) is 0 Å². The lowest BCUT2D eigenvalue weighted by molar-refractivity contribution is 0.110. The molecule has 0 saturated heterocycles. The van der Waals surface area contributed by atoms with Crippen LogP contribution >= 0.6 is 11.9 Å². The monoisotopic (exact) mass is 873 g/mol. The van der Waals surface area contributed by atoms with Crippen molar-refractivity contribution in [3.8, 4) is 0 Å². The molecule has 0 radical (unpaired) electrons. The second kappa shape index (κ2) is 28.7. The maximum atomic E-state index is 13.7. The van der Waals surface area contributed by atoms with Crippen molar-refractivity contribution in [2.75, 3.05) is 15.4 Å². The van der Waals surface area contributed by atoms with E-state index in [4.69, 9.17) is 9.47 Å². The van der Waals surface area contributed by atoms with Crippen LogP contribution in [-0.2, 0) is 22.7 Å². The summed E-state index contributed by atoms with van der Waals surface area (Å²) in [6.07, 6.45) is -1.53. The van der Waals surface area contributed by atoms with Gasteiger partial charge >= 0.3 is 12.2 Å². The normalized spacial score (nSPS) is 9.66. The molecule has 0 aliphatic carbocycles. The lowest BCUT2D eigenvalue weighted by Crippen LogP contribution is -2.15. The number of nitrogens with one attached hydrogen (secondary N) is 3. The van der Waals surface area contributed by atoms with Gasteiger partial charge in [0.15, 0.2) is 36.3 Å². The van der Waals surface area contributed by atoms with Gasteiger partial charge < -0.3 is 14.2 Å². The Labute approximate surface area is 354 Å². The van der Waals surface area contributed by atoms with Crippen molar-refractivity contribution in [1.29, 1.82) is 0 Å². The molecule has 3 N–H and O–H groups in total. The first kappa shape index (κ1) is 52.4. The minimum atomic E-state index is -1.14. The lowest BCUT2D eigenvalue weighted by atomic mass is 10.2. The smallest absolute Gasteiger partial charge is 0.412 e. The van der Waals surface area contributed by atoms with Crippen LogP contribution in [0.15, 0.2) is 97.1 Å². The molecule has 0 aliphatic rings. The highest BCUT2D eigenvalue weighted by atomic mass is 32.2. The first-order chi connectivity index (χ1) is 29.3. The van der Waals surface area contributed by atoms with Crippen molar-refractivity contribution < 1.29 is 59.8 Å². The molecule has 10 nitrogen and oxygen atoms in total. The van der Waals surface area contributed by atoms with E-state index in [9.17, 15) is 50.3 Å². The van der Waals surface area contributed by atoms with Crippen molar-refractivity contribution in [1.82, 2.24) is 0 Å². The zero-order valence-electron chi connectivity index (χ0n) is 34.0. The molecule has 5 rings (SSSR count). The summed E-state index contributed by atoms with van der Waals surface area (Å²) >= 11 is 1.30. The van der Waals surface area contributed by atoms with Crippen LogP contribution in [0.5, 0.6) is 0 Å². The fraction of sp³-hybridized carbons (Fsp3) is 0.205. The molecular weight excluding hydrogens is 829 g/mol. The molecule has 0 heterocycles. The van der Waals surface area contributed by atoms with E-state index in [1.807, 2.05) is 53.7 Å². The predicted molar refractivity (Wildman–Crippen MR) is 225 cm³/mol. The summed E-state index contributed by atoms with van der Waals surface area (Å²) in [6, 6.07) is 24.0. The third kappa shape index (κ3) is 17.6. The summed E-state index contributed by atoms with van der Waals surface area (Å²) in [4.78, 5) is 54.7. The minimum absolute atomic E-state index is 0.00995. The topological polar surface area (TPSA) is 140 Å². The Hall–Kier alpha value is -6.62. The average molecular weight is 874 g/mol. The number of anilines is 3. The number of ether oxygens (including phenoxy) is 2. The number of benzene rings is 5. The predicted octanol–water partition coefficient (Wildman–Crippen LogP) is 12.4. The van der Waals surface area contributed by atoms with E-state index in [1.165, 1.54) is 18.0 Å². The summed E-state index contributed by atoms with van der Waals surface area (Å²) in [7, 11) is 0. The van der Waals surface area contributed by atoms with Crippen molar-refractivity contribution in [3.63, 3.8) is 0 Å². The van der Waals surface area contributed by atoms with E-state index >= 15 is 0 Å². The molecule has 0 aromatic heterocycles. The molecule has 0 atom stereocenters. The van der Waals surface area contributed by atoms with Gasteiger partial charge in [0.2, 0.25) is 0 Å². The van der Waals surface area contributed by atoms with Gasteiger partial charge in [0.25, 0.3) is 0 Å². The maximum absolute atomic E-state index is 13.7. The van der Waals surface area contributed by atoms with Gasteiger partial charge in [0.1, 0.15) is 30.7 Å². The zero-order valence-corrected chi connectivity index (χ0v) is 34.8. The average Bonchev–Trinajstić information content (AvgIpc) is 3.27. The van der Waals surface area contributed by atoms with E-state index < -0.39 is 63.8 Å². The number of carbonyl (C=O) groups excluding carboxylic acids is 5. The van der Waals surface area contributed by atoms with Crippen LogP contribution < -0.4 is 15.4 Å². The lowest BCUT2D eigenvalue weighted by Gasteiger charge is -2.09. The largest absolute Gasteiger partial charge is 0.444 e. The Kier molecular flexibility index (Phi) is 24.7. The second-order valence-electron chi connectivity index (χ2n) is 11.5. The van der Waals surface area contributed by atoms with Gasteiger partial charge in [-0.2, -0.15) is 0 Å². The first-order valence-electron chi connectivity index (χ1n) is 18.5. The van der Waals surface area contributed by atoms with Crippen LogP contribution in [0.25, 0.3) is 0 Å². The minimum Gasteiger partial charge on any atom is -0.444 e. The third-order valence-corrected chi connectivity index (χ3v) is 7.85. The summed E-state index contributed by atoms with van der Waals surface area (Å²) in [5.41, 5.74) is -1.01. The number of carbonyl (C=O) groups is 5. The van der Waals surface area contributed by atoms with E-state index in [0.717, 1.165) is 41.5 Å². The first-order valence-corrected chi connectivity index (χ1v) is 19.3. The molecule has 5 aromatic rings. The van der Waals surface area contributed by atoms with Crippen LogP contribution in [0.2, 0.25) is 0 Å². The molecule has 17 heteroatoms. The number of hydrogen-bond donors (Lipinski definition) is 3. The van der Waals surface area contributed by atoms with Gasteiger partial charge in [-0.25, -0.2) is 35.9 Å². The molecule has 5 aromatic carbocycles. The second-order valence-corrected chi connectivity index (χ2v) is 12.8. The van der Waals surface area contributed by atoms with Gasteiger partial charge in [-0.15, -0.1) is 0 Å². The van der Waals surface area contributed by atoms with Crippen LogP contribution in [0.4, 0.5) is 53.0 Å².